The third-order valence-electron chi connectivity index (χ3n) is 4.18. The van der Waals surface area contributed by atoms with E-state index in [-0.39, 0.29) is 17.9 Å². The summed E-state index contributed by atoms with van der Waals surface area (Å²) in [6.07, 6.45) is 4.07. The molecule has 1 N–H and O–H groups in total. The van der Waals surface area contributed by atoms with Crippen LogP contribution in [0.3, 0.4) is 0 Å². The quantitative estimate of drug-likeness (QED) is 0.824. The van der Waals surface area contributed by atoms with Crippen LogP contribution in [-0.4, -0.2) is 41.9 Å². The number of hydrogen-bond donors (Lipinski definition) is 1. The zero-order valence-electron chi connectivity index (χ0n) is 13.0. The number of rotatable bonds is 6. The molecule has 23 heavy (non-hydrogen) atoms. The Bertz CT molecular complexity index is 589. The van der Waals surface area contributed by atoms with Gasteiger partial charge in [0, 0.05) is 17.1 Å². The average molecular weight is 381 g/mol. The number of carbonyl (C=O) groups is 2. The summed E-state index contributed by atoms with van der Waals surface area (Å²) in [6, 6.07) is 7.57. The highest BCUT2D eigenvalue weighted by Gasteiger charge is 2.36. The molecule has 1 aliphatic heterocycles. The van der Waals surface area contributed by atoms with Gasteiger partial charge in [-0.1, -0.05) is 22.0 Å². The van der Waals surface area contributed by atoms with E-state index in [9.17, 15) is 9.59 Å². The molecule has 3 rings (SSSR count). The number of nitrogens with zero attached hydrogens (tertiary/aromatic N) is 1. The molecule has 1 aliphatic carbocycles. The molecule has 0 aromatic heterocycles. The van der Waals surface area contributed by atoms with E-state index in [0.29, 0.717) is 25.6 Å². The lowest BCUT2D eigenvalue weighted by atomic mass is 10.2. The van der Waals surface area contributed by atoms with Gasteiger partial charge < -0.3 is 15.0 Å². The minimum Gasteiger partial charge on any atom is -0.493 e. The molecule has 6 heteroatoms. The van der Waals surface area contributed by atoms with Crippen LogP contribution in [0.25, 0.3) is 0 Å². The topological polar surface area (TPSA) is 58.6 Å². The number of carbonyl (C=O) groups excluding carboxylic acids is 2. The van der Waals surface area contributed by atoms with Crippen LogP contribution in [0.5, 0.6) is 5.75 Å². The lowest BCUT2D eigenvalue weighted by molar-refractivity contribution is -0.138. The number of amides is 2. The highest BCUT2D eigenvalue weighted by molar-refractivity contribution is 9.10. The van der Waals surface area contributed by atoms with Crippen molar-refractivity contribution in [2.24, 2.45) is 0 Å². The predicted octanol–water partition coefficient (Wildman–Crippen LogP) is 2.49. The van der Waals surface area contributed by atoms with Crippen molar-refractivity contribution >= 4 is 27.7 Å². The molecule has 1 heterocycles. The highest BCUT2D eigenvalue weighted by Crippen LogP contribution is 2.23. The average Bonchev–Trinajstić information content (AvgIpc) is 3.19. The van der Waals surface area contributed by atoms with Gasteiger partial charge in [-0.15, -0.1) is 0 Å². The molecule has 2 aliphatic rings. The van der Waals surface area contributed by atoms with Crippen LogP contribution < -0.4 is 10.1 Å². The molecule has 1 unspecified atom stereocenters. The maximum atomic E-state index is 12.4. The van der Waals surface area contributed by atoms with E-state index in [4.69, 9.17) is 4.74 Å². The molecule has 0 bridgehead atoms. The summed E-state index contributed by atoms with van der Waals surface area (Å²) in [5, 5.41) is 3.00. The molecule has 5 nitrogen and oxygen atoms in total. The fourth-order valence-electron chi connectivity index (χ4n) is 2.82. The van der Waals surface area contributed by atoms with Crippen LogP contribution >= 0.6 is 15.9 Å². The first-order chi connectivity index (χ1) is 11.1. The number of ether oxygens (including phenoxy) is 1. The van der Waals surface area contributed by atoms with E-state index in [1.807, 2.05) is 24.3 Å². The van der Waals surface area contributed by atoms with Crippen molar-refractivity contribution in [1.82, 2.24) is 10.2 Å². The van der Waals surface area contributed by atoms with Crippen LogP contribution in [0.1, 0.15) is 32.1 Å². The maximum Gasteiger partial charge on any atom is 0.243 e. The van der Waals surface area contributed by atoms with Gasteiger partial charge in [0.2, 0.25) is 11.8 Å². The Morgan fingerprint density at radius 3 is 2.87 bits per heavy atom. The molecule has 2 fully saturated rings. The van der Waals surface area contributed by atoms with Gasteiger partial charge in [-0.05, 0) is 43.9 Å². The van der Waals surface area contributed by atoms with Crippen LogP contribution in [0, 0.1) is 0 Å². The van der Waals surface area contributed by atoms with E-state index in [0.717, 1.165) is 35.9 Å². The molecule has 2 amide bonds. The summed E-state index contributed by atoms with van der Waals surface area (Å²) in [5.41, 5.74) is 0. The second-order valence-corrected chi connectivity index (χ2v) is 7.00. The Balaban J connectivity index is 1.47. The fourth-order valence-corrected chi connectivity index (χ4v) is 3.20. The second-order valence-electron chi connectivity index (χ2n) is 6.08. The van der Waals surface area contributed by atoms with Crippen molar-refractivity contribution in [1.29, 1.82) is 0 Å². The molecule has 1 aromatic carbocycles. The van der Waals surface area contributed by atoms with Crippen molar-refractivity contribution in [2.45, 2.75) is 44.2 Å². The van der Waals surface area contributed by atoms with E-state index < -0.39 is 0 Å². The van der Waals surface area contributed by atoms with Crippen LogP contribution in [-0.2, 0) is 9.59 Å². The molecule has 1 atom stereocenters. The van der Waals surface area contributed by atoms with Crippen LogP contribution in [0.15, 0.2) is 28.7 Å². The minimum absolute atomic E-state index is 0.00579. The van der Waals surface area contributed by atoms with Gasteiger partial charge in [-0.3, -0.25) is 9.59 Å². The summed E-state index contributed by atoms with van der Waals surface area (Å²) < 4.78 is 6.55. The number of benzene rings is 1. The maximum absolute atomic E-state index is 12.4. The van der Waals surface area contributed by atoms with Crippen LogP contribution in [0.2, 0.25) is 0 Å². The van der Waals surface area contributed by atoms with E-state index >= 15 is 0 Å². The monoisotopic (exact) mass is 380 g/mol. The van der Waals surface area contributed by atoms with Gasteiger partial charge in [0.25, 0.3) is 0 Å². The number of hydrogen-bond acceptors (Lipinski definition) is 3. The number of likely N-dealkylation sites (tertiary alicyclic amines) is 1. The summed E-state index contributed by atoms with van der Waals surface area (Å²) in [7, 11) is 0. The zero-order chi connectivity index (χ0) is 16.2. The van der Waals surface area contributed by atoms with E-state index in [2.05, 4.69) is 21.2 Å². The summed E-state index contributed by atoms with van der Waals surface area (Å²) >= 11 is 3.39. The lowest BCUT2D eigenvalue weighted by Crippen LogP contribution is -2.46. The predicted molar refractivity (Wildman–Crippen MR) is 90.2 cm³/mol. The molecule has 0 radical (unpaired) electrons. The van der Waals surface area contributed by atoms with Crippen molar-refractivity contribution in [2.75, 3.05) is 13.2 Å². The molecular formula is C17H21BrN2O3. The van der Waals surface area contributed by atoms with Gasteiger partial charge in [-0.25, -0.2) is 0 Å². The lowest BCUT2D eigenvalue weighted by Gasteiger charge is -2.24. The highest BCUT2D eigenvalue weighted by atomic mass is 79.9. The largest absolute Gasteiger partial charge is 0.493 e. The van der Waals surface area contributed by atoms with E-state index in [1.165, 1.54) is 0 Å². The van der Waals surface area contributed by atoms with Gasteiger partial charge in [0.05, 0.1) is 13.0 Å². The normalized spacial score (nSPS) is 20.4. The third kappa shape index (κ3) is 4.47. The Hall–Kier alpha value is -1.56. The summed E-state index contributed by atoms with van der Waals surface area (Å²) in [4.78, 5) is 26.3. The van der Waals surface area contributed by atoms with Gasteiger partial charge in [0.1, 0.15) is 11.8 Å². The Labute approximate surface area is 144 Å². The summed E-state index contributed by atoms with van der Waals surface area (Å²) in [5.74, 6) is 0.733. The second kappa shape index (κ2) is 7.34. The van der Waals surface area contributed by atoms with Gasteiger partial charge in [-0.2, -0.15) is 0 Å². The van der Waals surface area contributed by atoms with Crippen molar-refractivity contribution in [3.8, 4) is 5.75 Å². The molecule has 0 spiro atoms. The Morgan fingerprint density at radius 2 is 2.13 bits per heavy atom. The minimum atomic E-state index is -0.297. The zero-order valence-corrected chi connectivity index (χ0v) is 14.5. The smallest absolute Gasteiger partial charge is 0.243 e. The van der Waals surface area contributed by atoms with Crippen molar-refractivity contribution in [3.05, 3.63) is 28.7 Å². The Morgan fingerprint density at radius 1 is 1.30 bits per heavy atom. The van der Waals surface area contributed by atoms with Gasteiger partial charge >= 0.3 is 0 Å². The molecule has 1 aromatic rings. The first-order valence-corrected chi connectivity index (χ1v) is 8.91. The molecule has 1 saturated carbocycles. The van der Waals surface area contributed by atoms with Crippen molar-refractivity contribution in [3.63, 3.8) is 0 Å². The summed E-state index contributed by atoms with van der Waals surface area (Å²) in [6.45, 7) is 0.987. The number of nitrogens with one attached hydrogen (secondary N) is 1. The van der Waals surface area contributed by atoms with Crippen molar-refractivity contribution < 1.29 is 14.3 Å². The SMILES string of the molecule is O=C(NC1CC1)C1CCCN1C(=O)CCOc1cccc(Br)c1. The van der Waals surface area contributed by atoms with Crippen LogP contribution in [0.4, 0.5) is 0 Å². The molecule has 124 valence electrons. The Kier molecular flexibility index (Phi) is 5.20. The number of halogens is 1. The van der Waals surface area contributed by atoms with E-state index in [1.54, 1.807) is 4.90 Å². The fraction of sp³-hybridized carbons (Fsp3) is 0.529. The van der Waals surface area contributed by atoms with Gasteiger partial charge in [0.15, 0.2) is 0 Å². The first kappa shape index (κ1) is 16.3. The molecule has 1 saturated heterocycles. The third-order valence-corrected chi connectivity index (χ3v) is 4.67. The standard InChI is InChI=1S/C17H21BrN2O3/c18-12-3-1-4-14(11-12)23-10-8-16(21)20-9-2-5-15(20)17(22)19-13-6-7-13/h1,3-4,11,13,15H,2,5-10H2,(H,19,22). The first-order valence-electron chi connectivity index (χ1n) is 8.12. The molecular weight excluding hydrogens is 360 g/mol.